The lowest BCUT2D eigenvalue weighted by Crippen LogP contribution is -2.41. The zero-order chi connectivity index (χ0) is 9.02. The molecule has 0 bridgehead atoms. The van der Waals surface area contributed by atoms with E-state index in [-0.39, 0.29) is 0 Å². The van der Waals surface area contributed by atoms with Gasteiger partial charge < -0.3 is 10.6 Å². The standard InChI is InChI=1S/C6H12F2N2O/c1-4(9)6(11)10(2)3-5(7)8/h4-5H,3,9H2,1-2H3/t4-/m1/s1. The van der Waals surface area contributed by atoms with Crippen molar-refractivity contribution in [2.75, 3.05) is 13.6 Å². The molecule has 0 aromatic heterocycles. The lowest BCUT2D eigenvalue weighted by Gasteiger charge is -2.18. The highest BCUT2D eigenvalue weighted by Crippen LogP contribution is 1.97. The number of hydrogen-bond acceptors (Lipinski definition) is 2. The Labute approximate surface area is 64.2 Å². The fourth-order valence-corrected chi connectivity index (χ4v) is 0.645. The summed E-state index contributed by atoms with van der Waals surface area (Å²) in [6.07, 6.45) is -2.50. The van der Waals surface area contributed by atoms with Crippen LogP contribution in [0, 0.1) is 0 Å². The van der Waals surface area contributed by atoms with Crippen molar-refractivity contribution in [1.82, 2.24) is 4.90 Å². The van der Waals surface area contributed by atoms with E-state index in [1.165, 1.54) is 14.0 Å². The first-order valence-corrected chi connectivity index (χ1v) is 3.24. The number of hydrogen-bond donors (Lipinski definition) is 1. The molecule has 0 aromatic carbocycles. The van der Waals surface area contributed by atoms with E-state index in [9.17, 15) is 13.6 Å². The molecule has 0 saturated carbocycles. The summed E-state index contributed by atoms with van der Waals surface area (Å²) in [4.78, 5) is 11.8. The van der Waals surface area contributed by atoms with Gasteiger partial charge in [-0.1, -0.05) is 0 Å². The maximum atomic E-state index is 11.7. The topological polar surface area (TPSA) is 46.3 Å². The van der Waals surface area contributed by atoms with Gasteiger partial charge in [-0.05, 0) is 6.92 Å². The second-order valence-electron chi connectivity index (χ2n) is 2.40. The van der Waals surface area contributed by atoms with Crippen LogP contribution in [0.5, 0.6) is 0 Å². The van der Waals surface area contributed by atoms with Crippen molar-refractivity contribution in [3.05, 3.63) is 0 Å². The number of rotatable bonds is 3. The maximum absolute atomic E-state index is 11.7. The minimum Gasteiger partial charge on any atom is -0.339 e. The summed E-state index contributed by atoms with van der Waals surface area (Å²) in [6, 6.07) is -0.709. The molecule has 11 heavy (non-hydrogen) atoms. The van der Waals surface area contributed by atoms with Crippen LogP contribution in [0.2, 0.25) is 0 Å². The number of amides is 1. The molecule has 0 aliphatic carbocycles. The van der Waals surface area contributed by atoms with Gasteiger partial charge in [-0.25, -0.2) is 8.78 Å². The molecule has 0 fully saturated rings. The zero-order valence-corrected chi connectivity index (χ0v) is 6.55. The second kappa shape index (κ2) is 4.23. The molecule has 1 amide bonds. The molecule has 5 heteroatoms. The van der Waals surface area contributed by atoms with E-state index in [0.717, 1.165) is 4.90 Å². The van der Waals surface area contributed by atoms with Gasteiger partial charge >= 0.3 is 0 Å². The molecule has 3 nitrogen and oxygen atoms in total. The van der Waals surface area contributed by atoms with Crippen LogP contribution < -0.4 is 5.73 Å². The van der Waals surface area contributed by atoms with Crippen LogP contribution in [0.3, 0.4) is 0 Å². The Morgan fingerprint density at radius 1 is 1.64 bits per heavy atom. The summed E-state index contributed by atoms with van der Waals surface area (Å²) in [7, 11) is 1.30. The third-order valence-electron chi connectivity index (χ3n) is 1.18. The van der Waals surface area contributed by atoms with Crippen LogP contribution in [0.1, 0.15) is 6.92 Å². The SMILES string of the molecule is C[C@@H](N)C(=O)N(C)CC(F)F. The van der Waals surface area contributed by atoms with E-state index >= 15 is 0 Å². The molecule has 0 saturated heterocycles. The third kappa shape index (κ3) is 3.87. The molecule has 0 aliphatic rings. The molecule has 1 atom stereocenters. The van der Waals surface area contributed by atoms with Crippen LogP contribution in [0.15, 0.2) is 0 Å². The van der Waals surface area contributed by atoms with Crippen LogP contribution in [-0.4, -0.2) is 36.9 Å². The summed E-state index contributed by atoms with van der Waals surface area (Å²) in [5.41, 5.74) is 5.18. The average Bonchev–Trinajstić information content (AvgIpc) is 1.84. The monoisotopic (exact) mass is 166 g/mol. The molecular weight excluding hydrogens is 154 g/mol. The van der Waals surface area contributed by atoms with Crippen LogP contribution in [0.4, 0.5) is 8.78 Å². The number of alkyl halides is 2. The van der Waals surface area contributed by atoms with Gasteiger partial charge in [0, 0.05) is 7.05 Å². The normalized spacial score (nSPS) is 13.3. The van der Waals surface area contributed by atoms with Crippen molar-refractivity contribution >= 4 is 5.91 Å². The zero-order valence-electron chi connectivity index (χ0n) is 6.55. The Bertz CT molecular complexity index is 139. The Balaban J connectivity index is 3.83. The number of carbonyl (C=O) groups excluding carboxylic acids is 1. The van der Waals surface area contributed by atoms with Gasteiger partial charge in [-0.15, -0.1) is 0 Å². The number of halogens is 2. The molecule has 0 unspecified atom stereocenters. The molecule has 0 spiro atoms. The Morgan fingerprint density at radius 3 is 2.36 bits per heavy atom. The van der Waals surface area contributed by atoms with Gasteiger partial charge in [0.2, 0.25) is 5.91 Å². The van der Waals surface area contributed by atoms with E-state index in [4.69, 9.17) is 5.73 Å². The van der Waals surface area contributed by atoms with Crippen molar-refractivity contribution in [2.24, 2.45) is 5.73 Å². The highest BCUT2D eigenvalue weighted by Gasteiger charge is 2.16. The van der Waals surface area contributed by atoms with Crippen molar-refractivity contribution in [3.63, 3.8) is 0 Å². The van der Waals surface area contributed by atoms with Crippen molar-refractivity contribution in [2.45, 2.75) is 19.4 Å². The van der Waals surface area contributed by atoms with E-state index in [0.29, 0.717) is 0 Å². The van der Waals surface area contributed by atoms with Gasteiger partial charge in [0.05, 0.1) is 12.6 Å². The highest BCUT2D eigenvalue weighted by molar-refractivity contribution is 5.80. The van der Waals surface area contributed by atoms with Crippen LogP contribution in [0.25, 0.3) is 0 Å². The van der Waals surface area contributed by atoms with Crippen molar-refractivity contribution in [3.8, 4) is 0 Å². The molecule has 0 aromatic rings. The van der Waals surface area contributed by atoms with Gasteiger partial charge in [0.25, 0.3) is 6.43 Å². The molecule has 0 aliphatic heterocycles. The number of carbonyl (C=O) groups is 1. The summed E-state index contributed by atoms with van der Waals surface area (Å²) >= 11 is 0. The Hall–Kier alpha value is -0.710. The fraction of sp³-hybridized carbons (Fsp3) is 0.833. The quantitative estimate of drug-likeness (QED) is 0.644. The van der Waals surface area contributed by atoms with Gasteiger partial charge in [-0.3, -0.25) is 4.79 Å². The van der Waals surface area contributed by atoms with Gasteiger partial charge in [0.15, 0.2) is 0 Å². The van der Waals surface area contributed by atoms with E-state index in [2.05, 4.69) is 0 Å². The summed E-state index contributed by atoms with van der Waals surface area (Å²) < 4.78 is 23.3. The molecular formula is C6H12F2N2O. The molecule has 2 N–H and O–H groups in total. The highest BCUT2D eigenvalue weighted by atomic mass is 19.3. The van der Waals surface area contributed by atoms with Gasteiger partial charge in [0.1, 0.15) is 0 Å². The van der Waals surface area contributed by atoms with Crippen LogP contribution in [-0.2, 0) is 4.79 Å². The number of likely N-dealkylation sites (N-methyl/N-ethyl adjacent to an activating group) is 1. The lowest BCUT2D eigenvalue weighted by atomic mass is 10.3. The second-order valence-corrected chi connectivity index (χ2v) is 2.40. The van der Waals surface area contributed by atoms with Gasteiger partial charge in [-0.2, -0.15) is 0 Å². The minimum absolute atomic E-state index is 0.467. The van der Waals surface area contributed by atoms with E-state index in [1.54, 1.807) is 0 Å². The summed E-state index contributed by atoms with van der Waals surface area (Å²) in [5, 5.41) is 0. The smallest absolute Gasteiger partial charge is 0.255 e. The number of nitrogens with zero attached hydrogens (tertiary/aromatic N) is 1. The molecule has 0 heterocycles. The third-order valence-corrected chi connectivity index (χ3v) is 1.18. The first kappa shape index (κ1) is 10.3. The van der Waals surface area contributed by atoms with Crippen molar-refractivity contribution in [1.29, 1.82) is 0 Å². The van der Waals surface area contributed by atoms with E-state index in [1.807, 2.05) is 0 Å². The van der Waals surface area contributed by atoms with Crippen LogP contribution >= 0.6 is 0 Å². The van der Waals surface area contributed by atoms with Crippen molar-refractivity contribution < 1.29 is 13.6 Å². The Kier molecular flexibility index (Phi) is 3.95. The average molecular weight is 166 g/mol. The number of nitrogens with two attached hydrogens (primary N) is 1. The minimum atomic E-state index is -2.50. The molecule has 0 radical (unpaired) electrons. The predicted octanol–water partition coefficient (Wildman–Crippen LogP) is 0.0571. The first-order valence-electron chi connectivity index (χ1n) is 3.24. The maximum Gasteiger partial charge on any atom is 0.255 e. The largest absolute Gasteiger partial charge is 0.339 e. The molecule has 66 valence electrons. The van der Waals surface area contributed by atoms with E-state index < -0.39 is 24.9 Å². The molecule has 0 rings (SSSR count). The lowest BCUT2D eigenvalue weighted by molar-refractivity contribution is -0.132. The first-order chi connectivity index (χ1) is 4.95. The summed E-state index contributed by atoms with van der Waals surface area (Å²) in [5.74, 6) is -0.467. The fourth-order valence-electron chi connectivity index (χ4n) is 0.645. The summed E-state index contributed by atoms with van der Waals surface area (Å²) in [6.45, 7) is 0.907. The predicted molar refractivity (Wildman–Crippen MR) is 37.3 cm³/mol. The Morgan fingerprint density at radius 2 is 2.09 bits per heavy atom.